The van der Waals surface area contributed by atoms with Gasteiger partial charge in [-0.05, 0) is 25.8 Å². The summed E-state index contributed by atoms with van der Waals surface area (Å²) in [5.41, 5.74) is 0.231. The van der Waals surface area contributed by atoms with Gasteiger partial charge in [0.05, 0.1) is 11.3 Å². The lowest BCUT2D eigenvalue weighted by Crippen LogP contribution is -2.08. The molecule has 0 spiro atoms. The van der Waals surface area contributed by atoms with E-state index in [-0.39, 0.29) is 5.57 Å². The summed E-state index contributed by atoms with van der Waals surface area (Å²) in [4.78, 5) is 10.7. The largest absolute Gasteiger partial charge is 0.478 e. The van der Waals surface area contributed by atoms with Gasteiger partial charge in [-0.25, -0.2) is 4.79 Å². The summed E-state index contributed by atoms with van der Waals surface area (Å²) in [6.45, 7) is 5.25. The van der Waals surface area contributed by atoms with Gasteiger partial charge in [0.25, 0.3) is 0 Å². The Balaban J connectivity index is 2.81. The smallest absolute Gasteiger partial charge is 0.339 e. The number of aliphatic carboxylic acids is 1. The van der Waals surface area contributed by atoms with Gasteiger partial charge < -0.3 is 9.84 Å². The minimum absolute atomic E-state index is 0.231. The van der Waals surface area contributed by atoms with Crippen LogP contribution in [0, 0.1) is 0 Å². The molecule has 70 valence electrons. The topological polar surface area (TPSA) is 46.5 Å². The van der Waals surface area contributed by atoms with Gasteiger partial charge >= 0.3 is 5.97 Å². The first kappa shape index (κ1) is 9.58. The first-order chi connectivity index (χ1) is 6.11. The van der Waals surface area contributed by atoms with Gasteiger partial charge in [0, 0.05) is 0 Å². The Morgan fingerprint density at radius 2 is 2.15 bits per heavy atom. The number of ether oxygens (including phenoxy) is 1. The predicted molar refractivity (Wildman–Crippen MR) is 48.9 cm³/mol. The normalized spacial score (nSPS) is 15.8. The number of allylic oxidation sites excluding steroid dienone is 3. The molecule has 0 aromatic carbocycles. The molecule has 1 aliphatic rings. The maximum Gasteiger partial charge on any atom is 0.339 e. The van der Waals surface area contributed by atoms with Crippen molar-refractivity contribution >= 4 is 5.97 Å². The zero-order chi connectivity index (χ0) is 9.84. The lowest BCUT2D eigenvalue weighted by atomic mass is 10.1. The van der Waals surface area contributed by atoms with Crippen LogP contribution in [0.4, 0.5) is 0 Å². The molecule has 0 aromatic heterocycles. The molecule has 13 heavy (non-hydrogen) atoms. The molecular weight excluding hydrogens is 168 g/mol. The highest BCUT2D eigenvalue weighted by molar-refractivity contribution is 5.91. The summed E-state index contributed by atoms with van der Waals surface area (Å²) >= 11 is 0. The molecule has 0 bridgehead atoms. The van der Waals surface area contributed by atoms with E-state index in [4.69, 9.17) is 9.84 Å². The second kappa shape index (κ2) is 3.94. The van der Waals surface area contributed by atoms with Gasteiger partial charge in [0.15, 0.2) is 0 Å². The fourth-order valence-corrected chi connectivity index (χ4v) is 1.13. The average Bonchev–Trinajstić information content (AvgIpc) is 2.03. The molecule has 1 rings (SSSR count). The van der Waals surface area contributed by atoms with Gasteiger partial charge in [0.1, 0.15) is 5.76 Å². The van der Waals surface area contributed by atoms with Crippen molar-refractivity contribution in [2.24, 2.45) is 0 Å². The van der Waals surface area contributed by atoms with E-state index in [1.54, 1.807) is 19.1 Å². The fraction of sp³-hybridized carbons (Fsp3) is 0.300. The van der Waals surface area contributed by atoms with Crippen LogP contribution in [0.25, 0.3) is 0 Å². The SMILES string of the molecule is C=C(C)OC1=CCCC=C1C(=O)O. The maximum atomic E-state index is 10.7. The minimum Gasteiger partial charge on any atom is -0.478 e. The number of carboxylic acids is 1. The molecule has 1 N–H and O–H groups in total. The van der Waals surface area contributed by atoms with Crippen molar-refractivity contribution in [3.63, 3.8) is 0 Å². The van der Waals surface area contributed by atoms with E-state index in [0.29, 0.717) is 11.5 Å². The Morgan fingerprint density at radius 1 is 1.54 bits per heavy atom. The van der Waals surface area contributed by atoms with Crippen molar-refractivity contribution < 1.29 is 14.6 Å². The molecule has 0 unspecified atom stereocenters. The standard InChI is InChI=1S/C10H12O3/c1-7(2)13-9-6-4-3-5-8(9)10(11)12/h5-6H,1,3-4H2,2H3,(H,11,12). The number of rotatable bonds is 3. The van der Waals surface area contributed by atoms with Gasteiger partial charge in [-0.3, -0.25) is 0 Å². The minimum atomic E-state index is -0.952. The summed E-state index contributed by atoms with van der Waals surface area (Å²) in [5, 5.41) is 8.80. The number of hydrogen-bond acceptors (Lipinski definition) is 2. The van der Waals surface area contributed by atoms with Gasteiger partial charge in [-0.15, -0.1) is 0 Å². The molecule has 0 fully saturated rings. The molecular formula is C10H12O3. The molecule has 3 nitrogen and oxygen atoms in total. The van der Waals surface area contributed by atoms with Crippen LogP contribution in [0.3, 0.4) is 0 Å². The highest BCUT2D eigenvalue weighted by Gasteiger charge is 2.17. The zero-order valence-electron chi connectivity index (χ0n) is 7.54. The van der Waals surface area contributed by atoms with E-state index in [1.807, 2.05) is 0 Å². The van der Waals surface area contributed by atoms with E-state index in [2.05, 4.69) is 6.58 Å². The molecule has 0 saturated heterocycles. The molecule has 3 heteroatoms. The summed E-state index contributed by atoms with van der Waals surface area (Å²) in [5.74, 6) is -0.0428. The third-order valence-corrected chi connectivity index (χ3v) is 1.62. The second-order valence-corrected chi connectivity index (χ2v) is 2.87. The van der Waals surface area contributed by atoms with E-state index in [9.17, 15) is 4.79 Å². The molecule has 0 aliphatic heterocycles. The summed E-state index contributed by atoms with van der Waals surface area (Å²) in [6.07, 6.45) is 5.02. The van der Waals surface area contributed by atoms with Gasteiger partial charge in [-0.2, -0.15) is 0 Å². The maximum absolute atomic E-state index is 10.7. The Kier molecular flexibility index (Phi) is 2.90. The first-order valence-electron chi connectivity index (χ1n) is 4.08. The third-order valence-electron chi connectivity index (χ3n) is 1.62. The van der Waals surface area contributed by atoms with Crippen molar-refractivity contribution in [2.45, 2.75) is 19.8 Å². The van der Waals surface area contributed by atoms with Crippen LogP contribution < -0.4 is 0 Å². The summed E-state index contributed by atoms with van der Waals surface area (Å²) < 4.78 is 5.18. The predicted octanol–water partition coefficient (Wildman–Crippen LogP) is 2.23. The second-order valence-electron chi connectivity index (χ2n) is 2.87. The molecule has 0 radical (unpaired) electrons. The van der Waals surface area contributed by atoms with Crippen molar-refractivity contribution in [2.75, 3.05) is 0 Å². The lowest BCUT2D eigenvalue weighted by molar-refractivity contribution is -0.132. The molecule has 1 aliphatic carbocycles. The number of carbonyl (C=O) groups is 1. The third kappa shape index (κ3) is 2.47. The van der Waals surface area contributed by atoms with Crippen molar-refractivity contribution in [3.8, 4) is 0 Å². The Labute approximate surface area is 77.0 Å². The van der Waals surface area contributed by atoms with Crippen LogP contribution in [-0.4, -0.2) is 11.1 Å². The summed E-state index contributed by atoms with van der Waals surface area (Å²) in [7, 11) is 0. The van der Waals surface area contributed by atoms with Crippen LogP contribution in [0.1, 0.15) is 19.8 Å². The Bertz CT molecular complexity index is 297. The number of hydrogen-bond donors (Lipinski definition) is 1. The van der Waals surface area contributed by atoms with Crippen LogP contribution in [-0.2, 0) is 9.53 Å². The average molecular weight is 180 g/mol. The monoisotopic (exact) mass is 180 g/mol. The highest BCUT2D eigenvalue weighted by atomic mass is 16.5. The summed E-state index contributed by atoms with van der Waals surface area (Å²) in [6, 6.07) is 0. The highest BCUT2D eigenvalue weighted by Crippen LogP contribution is 2.21. The molecule has 0 saturated carbocycles. The molecule has 0 aromatic rings. The molecule has 0 atom stereocenters. The first-order valence-corrected chi connectivity index (χ1v) is 4.08. The Morgan fingerprint density at radius 3 is 2.69 bits per heavy atom. The van der Waals surface area contributed by atoms with Crippen LogP contribution in [0.2, 0.25) is 0 Å². The van der Waals surface area contributed by atoms with E-state index >= 15 is 0 Å². The Hall–Kier alpha value is -1.51. The zero-order valence-corrected chi connectivity index (χ0v) is 7.54. The van der Waals surface area contributed by atoms with Crippen LogP contribution in [0.5, 0.6) is 0 Å². The molecule has 0 amide bonds. The quantitative estimate of drug-likeness (QED) is 0.677. The van der Waals surface area contributed by atoms with Crippen molar-refractivity contribution in [1.29, 1.82) is 0 Å². The molecule has 0 heterocycles. The number of carboxylic acid groups (broad SMARTS) is 1. The van der Waals surface area contributed by atoms with Crippen LogP contribution in [0.15, 0.2) is 35.8 Å². The van der Waals surface area contributed by atoms with Gasteiger partial charge in [-0.1, -0.05) is 12.7 Å². The lowest BCUT2D eigenvalue weighted by Gasteiger charge is -2.13. The fourth-order valence-electron chi connectivity index (χ4n) is 1.13. The van der Waals surface area contributed by atoms with E-state index in [1.165, 1.54) is 0 Å². The van der Waals surface area contributed by atoms with Crippen LogP contribution >= 0.6 is 0 Å². The van der Waals surface area contributed by atoms with Crippen molar-refractivity contribution in [1.82, 2.24) is 0 Å². The van der Waals surface area contributed by atoms with Gasteiger partial charge in [0.2, 0.25) is 0 Å². The van der Waals surface area contributed by atoms with Crippen molar-refractivity contribution in [3.05, 3.63) is 35.8 Å². The van der Waals surface area contributed by atoms with E-state index in [0.717, 1.165) is 12.8 Å². The van der Waals surface area contributed by atoms with E-state index < -0.39 is 5.97 Å².